The Labute approximate surface area is 127 Å². The Morgan fingerprint density at radius 1 is 1.05 bits per heavy atom. The number of thioether (sulfide) groups is 1. The average molecular weight is 302 g/mol. The lowest BCUT2D eigenvalue weighted by Gasteiger charge is -2.25. The normalized spacial score (nSPS) is 13.4. The van der Waals surface area contributed by atoms with E-state index < -0.39 is 10.7 Å². The van der Waals surface area contributed by atoms with Crippen LogP contribution in [0.15, 0.2) is 60.7 Å². The summed E-state index contributed by atoms with van der Waals surface area (Å²) in [4.78, 5) is 11.7. The van der Waals surface area contributed by atoms with Gasteiger partial charge in [-0.05, 0) is 18.1 Å². The topological polar surface area (TPSA) is 37.3 Å². The summed E-state index contributed by atoms with van der Waals surface area (Å²) in [5, 5.41) is 9.60. The molecule has 0 radical (unpaired) electrons. The third-order valence-corrected chi connectivity index (χ3v) is 4.76. The van der Waals surface area contributed by atoms with E-state index in [1.807, 2.05) is 60.7 Å². The highest BCUT2D eigenvalue weighted by Crippen LogP contribution is 2.38. The number of thiocarbonyl (C=S) groups is 1. The number of hydrogen-bond donors (Lipinski definition) is 1. The highest BCUT2D eigenvalue weighted by atomic mass is 32.2. The van der Waals surface area contributed by atoms with Crippen molar-refractivity contribution in [2.24, 2.45) is 0 Å². The van der Waals surface area contributed by atoms with E-state index in [4.69, 9.17) is 12.2 Å². The maximum absolute atomic E-state index is 11.7. The molecule has 0 aliphatic rings. The van der Waals surface area contributed by atoms with Gasteiger partial charge >= 0.3 is 5.97 Å². The van der Waals surface area contributed by atoms with Gasteiger partial charge in [0.1, 0.15) is 4.75 Å². The summed E-state index contributed by atoms with van der Waals surface area (Å²) in [7, 11) is 0. The SMILES string of the molecule is CC(SC(=S)c1ccccc1)(C(=O)O)c1ccccc1. The first-order valence-electron chi connectivity index (χ1n) is 6.11. The number of carboxylic acids is 1. The number of carbonyl (C=O) groups is 1. The van der Waals surface area contributed by atoms with E-state index in [1.165, 1.54) is 11.8 Å². The second kappa shape index (κ2) is 6.20. The molecule has 2 nitrogen and oxygen atoms in total. The largest absolute Gasteiger partial charge is 0.480 e. The second-order valence-electron chi connectivity index (χ2n) is 4.46. The van der Waals surface area contributed by atoms with Gasteiger partial charge < -0.3 is 5.11 Å². The lowest BCUT2D eigenvalue weighted by molar-refractivity contribution is -0.139. The van der Waals surface area contributed by atoms with E-state index in [1.54, 1.807) is 6.92 Å². The zero-order valence-corrected chi connectivity index (χ0v) is 12.6. The van der Waals surface area contributed by atoms with Crippen LogP contribution < -0.4 is 0 Å². The maximum atomic E-state index is 11.7. The van der Waals surface area contributed by atoms with Crippen LogP contribution in [0.5, 0.6) is 0 Å². The van der Waals surface area contributed by atoms with Crippen LogP contribution in [0, 0.1) is 0 Å². The molecule has 20 heavy (non-hydrogen) atoms. The smallest absolute Gasteiger partial charge is 0.324 e. The summed E-state index contributed by atoms with van der Waals surface area (Å²) in [5.41, 5.74) is 1.60. The average Bonchev–Trinajstić information content (AvgIpc) is 2.48. The monoisotopic (exact) mass is 302 g/mol. The van der Waals surface area contributed by atoms with Crippen molar-refractivity contribution in [3.05, 3.63) is 71.8 Å². The summed E-state index contributed by atoms with van der Waals surface area (Å²) in [6.07, 6.45) is 0. The standard InChI is InChI=1S/C16H14O2S2/c1-16(15(17)18,13-10-6-3-7-11-13)20-14(19)12-8-4-2-5-9-12/h2-11H,1H3,(H,17,18). The molecule has 0 fully saturated rings. The molecular formula is C16H14O2S2. The third-order valence-electron chi connectivity index (χ3n) is 3.04. The number of rotatable bonds is 4. The van der Waals surface area contributed by atoms with Crippen LogP contribution in [-0.4, -0.2) is 15.3 Å². The Morgan fingerprint density at radius 3 is 2.05 bits per heavy atom. The first-order chi connectivity index (χ1) is 9.54. The molecule has 1 atom stereocenters. The first-order valence-corrected chi connectivity index (χ1v) is 7.34. The highest BCUT2D eigenvalue weighted by Gasteiger charge is 2.37. The van der Waals surface area contributed by atoms with E-state index in [9.17, 15) is 9.90 Å². The fraction of sp³-hybridized carbons (Fsp3) is 0.125. The zero-order chi connectivity index (χ0) is 14.6. The van der Waals surface area contributed by atoms with Gasteiger partial charge in [-0.2, -0.15) is 0 Å². The molecule has 102 valence electrons. The molecule has 0 aliphatic carbocycles. The lowest BCUT2D eigenvalue weighted by atomic mass is 10.0. The molecule has 0 amide bonds. The van der Waals surface area contributed by atoms with Gasteiger partial charge in [0.05, 0.1) is 4.20 Å². The molecule has 2 aromatic rings. The van der Waals surface area contributed by atoms with Gasteiger partial charge in [0.25, 0.3) is 0 Å². The molecule has 0 saturated heterocycles. The number of benzene rings is 2. The van der Waals surface area contributed by atoms with Crippen molar-refractivity contribution in [2.75, 3.05) is 0 Å². The predicted molar refractivity (Wildman–Crippen MR) is 87.2 cm³/mol. The van der Waals surface area contributed by atoms with Crippen LogP contribution in [0.2, 0.25) is 0 Å². The Kier molecular flexibility index (Phi) is 4.57. The van der Waals surface area contributed by atoms with Gasteiger partial charge in [0, 0.05) is 0 Å². The van der Waals surface area contributed by atoms with E-state index in [0.29, 0.717) is 4.20 Å². The summed E-state index contributed by atoms with van der Waals surface area (Å²) in [5.74, 6) is -0.896. The van der Waals surface area contributed by atoms with Crippen LogP contribution in [0.25, 0.3) is 0 Å². The first kappa shape index (κ1) is 14.8. The van der Waals surface area contributed by atoms with Gasteiger partial charge in [-0.15, -0.1) is 0 Å². The molecule has 0 bridgehead atoms. The van der Waals surface area contributed by atoms with Crippen LogP contribution in [0.4, 0.5) is 0 Å². The highest BCUT2D eigenvalue weighted by molar-refractivity contribution is 8.24. The molecule has 0 spiro atoms. The molecule has 1 unspecified atom stereocenters. The van der Waals surface area contributed by atoms with Gasteiger partial charge in [-0.3, -0.25) is 4.79 Å². The molecule has 1 N–H and O–H groups in total. The Morgan fingerprint density at radius 2 is 1.55 bits per heavy atom. The van der Waals surface area contributed by atoms with Crippen molar-refractivity contribution in [1.29, 1.82) is 0 Å². The molecule has 2 rings (SSSR count). The molecule has 0 aromatic heterocycles. The lowest BCUT2D eigenvalue weighted by Crippen LogP contribution is -2.30. The molecule has 0 aliphatic heterocycles. The Bertz CT molecular complexity index is 611. The number of hydrogen-bond acceptors (Lipinski definition) is 3. The van der Waals surface area contributed by atoms with E-state index in [-0.39, 0.29) is 0 Å². The third kappa shape index (κ3) is 3.08. The minimum atomic E-state index is -1.09. The van der Waals surface area contributed by atoms with Crippen molar-refractivity contribution in [2.45, 2.75) is 11.7 Å². The summed E-state index contributed by atoms with van der Waals surface area (Å²) in [6, 6.07) is 18.6. The predicted octanol–water partition coefficient (Wildman–Crippen LogP) is 4.10. The van der Waals surface area contributed by atoms with Crippen LogP contribution >= 0.6 is 24.0 Å². The number of carboxylic acid groups (broad SMARTS) is 1. The minimum absolute atomic E-state index is 0.583. The molecular weight excluding hydrogens is 288 g/mol. The van der Waals surface area contributed by atoms with Crippen molar-refractivity contribution in [3.8, 4) is 0 Å². The molecule has 2 aromatic carbocycles. The van der Waals surface area contributed by atoms with E-state index in [0.717, 1.165) is 11.1 Å². The number of aliphatic carboxylic acids is 1. The van der Waals surface area contributed by atoms with Gasteiger partial charge in [-0.25, -0.2) is 0 Å². The van der Waals surface area contributed by atoms with Crippen molar-refractivity contribution < 1.29 is 9.90 Å². The van der Waals surface area contributed by atoms with Crippen LogP contribution in [-0.2, 0) is 9.54 Å². The molecule has 0 heterocycles. The fourth-order valence-electron chi connectivity index (χ4n) is 1.80. The second-order valence-corrected chi connectivity index (χ2v) is 6.56. The summed E-state index contributed by atoms with van der Waals surface area (Å²) < 4.78 is -0.506. The van der Waals surface area contributed by atoms with E-state index >= 15 is 0 Å². The van der Waals surface area contributed by atoms with Crippen LogP contribution in [0.3, 0.4) is 0 Å². The van der Waals surface area contributed by atoms with Crippen LogP contribution in [0.1, 0.15) is 18.1 Å². The minimum Gasteiger partial charge on any atom is -0.480 e. The van der Waals surface area contributed by atoms with Gasteiger partial charge in [0.15, 0.2) is 0 Å². The Hall–Kier alpha value is -1.65. The zero-order valence-electron chi connectivity index (χ0n) is 10.9. The Balaban J connectivity index is 2.32. The fourth-order valence-corrected chi connectivity index (χ4v) is 3.40. The summed E-state index contributed by atoms with van der Waals surface area (Å²) in [6.45, 7) is 1.69. The van der Waals surface area contributed by atoms with Crippen molar-refractivity contribution in [1.82, 2.24) is 0 Å². The van der Waals surface area contributed by atoms with Gasteiger partial charge in [0.2, 0.25) is 0 Å². The van der Waals surface area contributed by atoms with Crippen molar-refractivity contribution in [3.63, 3.8) is 0 Å². The van der Waals surface area contributed by atoms with Crippen molar-refractivity contribution >= 4 is 34.1 Å². The maximum Gasteiger partial charge on any atom is 0.324 e. The molecule has 4 heteroatoms. The quantitative estimate of drug-likeness (QED) is 0.863. The summed E-state index contributed by atoms with van der Waals surface area (Å²) >= 11 is 6.58. The van der Waals surface area contributed by atoms with E-state index in [2.05, 4.69) is 0 Å². The van der Waals surface area contributed by atoms with Gasteiger partial charge in [-0.1, -0.05) is 84.6 Å². The molecule has 0 saturated carbocycles.